The van der Waals surface area contributed by atoms with Crippen molar-refractivity contribution in [2.75, 3.05) is 20.2 Å². The lowest BCUT2D eigenvalue weighted by molar-refractivity contribution is 0.0370. The van der Waals surface area contributed by atoms with E-state index in [1.807, 2.05) is 44.3 Å². The number of nitrogens with zero attached hydrogens (tertiary/aromatic N) is 2. The Bertz CT molecular complexity index is 562. The second-order valence-corrected chi connectivity index (χ2v) is 6.17. The molecule has 4 nitrogen and oxygen atoms in total. The molecule has 1 fully saturated rings. The summed E-state index contributed by atoms with van der Waals surface area (Å²) in [6, 6.07) is 3.84. The van der Waals surface area contributed by atoms with Gasteiger partial charge < -0.3 is 9.64 Å². The van der Waals surface area contributed by atoms with E-state index in [9.17, 15) is 4.79 Å². The Balaban J connectivity index is 2.07. The molecule has 0 radical (unpaired) electrons. The molecule has 0 bridgehead atoms. The lowest BCUT2D eigenvalue weighted by Gasteiger charge is -2.24. The van der Waals surface area contributed by atoms with Crippen LogP contribution in [0.15, 0.2) is 17.1 Å². The van der Waals surface area contributed by atoms with Gasteiger partial charge in [0.2, 0.25) is 0 Å². The van der Waals surface area contributed by atoms with E-state index in [4.69, 9.17) is 4.74 Å². The Hall–Kier alpha value is -1.84. The van der Waals surface area contributed by atoms with Gasteiger partial charge in [0.05, 0.1) is 24.2 Å². The molecule has 1 aliphatic rings. The van der Waals surface area contributed by atoms with Gasteiger partial charge in [-0.05, 0) is 62.8 Å². The predicted octanol–water partition coefficient (Wildman–Crippen LogP) is 3.87. The molecule has 4 heteroatoms. The largest absolute Gasteiger partial charge is 0.462 e. The molecular weight excluding hydrogens is 276 g/mol. The van der Waals surface area contributed by atoms with Crippen LogP contribution in [0.25, 0.3) is 0 Å². The van der Waals surface area contributed by atoms with Crippen LogP contribution in [0.5, 0.6) is 0 Å². The van der Waals surface area contributed by atoms with Gasteiger partial charge in [0.1, 0.15) is 0 Å². The van der Waals surface area contributed by atoms with Gasteiger partial charge in [-0.25, -0.2) is 9.79 Å². The molecule has 22 heavy (non-hydrogen) atoms. The molecular formula is C18H26N2O2. The van der Waals surface area contributed by atoms with E-state index >= 15 is 0 Å². The maximum absolute atomic E-state index is 12.2. The summed E-state index contributed by atoms with van der Waals surface area (Å²) in [6.45, 7) is 7.44. The maximum Gasteiger partial charge on any atom is 0.338 e. The average molecular weight is 302 g/mol. The van der Waals surface area contributed by atoms with Crippen molar-refractivity contribution in [3.05, 3.63) is 28.8 Å². The first-order valence-electron chi connectivity index (χ1n) is 8.04. The number of ether oxygens (including phenoxy) is 1. The van der Waals surface area contributed by atoms with Crippen LogP contribution in [-0.2, 0) is 4.74 Å². The minimum absolute atomic E-state index is 0.214. The van der Waals surface area contributed by atoms with Crippen molar-refractivity contribution >= 4 is 18.0 Å². The molecule has 1 aromatic rings. The number of aryl methyl sites for hydroxylation is 2. The zero-order chi connectivity index (χ0) is 16.1. The summed E-state index contributed by atoms with van der Waals surface area (Å²) < 4.78 is 5.44. The van der Waals surface area contributed by atoms with Gasteiger partial charge in [0.15, 0.2) is 0 Å². The molecule has 1 aromatic carbocycles. The van der Waals surface area contributed by atoms with Gasteiger partial charge in [-0.3, -0.25) is 0 Å². The second-order valence-electron chi connectivity index (χ2n) is 6.17. The van der Waals surface area contributed by atoms with E-state index in [0.29, 0.717) is 18.1 Å². The normalized spacial score (nSPS) is 14.9. The number of rotatable bonds is 6. The number of aliphatic imine (C=N–C) groups is 1. The van der Waals surface area contributed by atoms with Crippen LogP contribution in [0.4, 0.5) is 5.69 Å². The molecule has 120 valence electrons. The quantitative estimate of drug-likeness (QED) is 0.455. The predicted molar refractivity (Wildman–Crippen MR) is 90.0 cm³/mol. The standard InChI is InChI=1S/C18H26N2O2/c1-5-20(4)12-19-17-10-13(2)16(9-14(17)3)18(21)22-11-15-7-6-8-15/h9-10,12,15H,5-8,11H2,1-4H3/b19-12+. The second kappa shape index (κ2) is 7.43. The van der Waals surface area contributed by atoms with Gasteiger partial charge >= 0.3 is 5.97 Å². The third-order valence-electron chi connectivity index (χ3n) is 4.33. The molecule has 0 atom stereocenters. The molecule has 1 aliphatic carbocycles. The van der Waals surface area contributed by atoms with Crippen LogP contribution in [-0.4, -0.2) is 37.4 Å². The Kier molecular flexibility index (Phi) is 5.58. The highest BCUT2D eigenvalue weighted by Gasteiger charge is 2.20. The Morgan fingerprint density at radius 2 is 2.09 bits per heavy atom. The van der Waals surface area contributed by atoms with Crippen molar-refractivity contribution < 1.29 is 9.53 Å². The fourth-order valence-electron chi connectivity index (χ4n) is 2.33. The monoisotopic (exact) mass is 302 g/mol. The average Bonchev–Trinajstić information content (AvgIpc) is 2.45. The summed E-state index contributed by atoms with van der Waals surface area (Å²) in [7, 11) is 1.98. The Morgan fingerprint density at radius 3 is 2.68 bits per heavy atom. The first-order valence-corrected chi connectivity index (χ1v) is 8.04. The van der Waals surface area contributed by atoms with Gasteiger partial charge in [0.25, 0.3) is 0 Å². The number of hydrogen-bond donors (Lipinski definition) is 0. The molecule has 0 saturated heterocycles. The number of esters is 1. The van der Waals surface area contributed by atoms with Crippen molar-refractivity contribution in [1.82, 2.24) is 4.90 Å². The third-order valence-corrected chi connectivity index (χ3v) is 4.33. The highest BCUT2D eigenvalue weighted by atomic mass is 16.5. The molecule has 0 aliphatic heterocycles. The highest BCUT2D eigenvalue weighted by molar-refractivity contribution is 5.92. The lowest BCUT2D eigenvalue weighted by Crippen LogP contribution is -2.20. The Morgan fingerprint density at radius 1 is 1.36 bits per heavy atom. The van der Waals surface area contributed by atoms with Crippen molar-refractivity contribution in [3.8, 4) is 0 Å². The molecule has 0 spiro atoms. The third kappa shape index (κ3) is 4.09. The van der Waals surface area contributed by atoms with E-state index in [-0.39, 0.29) is 5.97 Å². The van der Waals surface area contributed by atoms with Gasteiger partial charge in [-0.2, -0.15) is 0 Å². The lowest BCUT2D eigenvalue weighted by atomic mass is 9.86. The van der Waals surface area contributed by atoms with E-state index in [1.54, 1.807) is 0 Å². The van der Waals surface area contributed by atoms with Crippen LogP contribution in [0, 0.1) is 19.8 Å². The number of carbonyl (C=O) groups is 1. The van der Waals surface area contributed by atoms with Gasteiger partial charge in [-0.1, -0.05) is 6.42 Å². The molecule has 0 aromatic heterocycles. The number of benzene rings is 1. The summed E-state index contributed by atoms with van der Waals surface area (Å²) in [5.74, 6) is 0.354. The summed E-state index contributed by atoms with van der Waals surface area (Å²) in [5, 5.41) is 0. The van der Waals surface area contributed by atoms with Crippen LogP contribution in [0.3, 0.4) is 0 Å². The zero-order valence-electron chi connectivity index (χ0n) is 14.1. The Labute approximate surface area is 133 Å². The molecule has 1 saturated carbocycles. The van der Waals surface area contributed by atoms with Crippen molar-refractivity contribution in [1.29, 1.82) is 0 Å². The molecule has 0 unspecified atom stereocenters. The van der Waals surface area contributed by atoms with E-state index < -0.39 is 0 Å². The van der Waals surface area contributed by atoms with Crippen LogP contribution < -0.4 is 0 Å². The smallest absolute Gasteiger partial charge is 0.338 e. The van der Waals surface area contributed by atoms with Crippen molar-refractivity contribution in [2.24, 2.45) is 10.9 Å². The summed E-state index contributed by atoms with van der Waals surface area (Å²) in [4.78, 5) is 18.7. The van der Waals surface area contributed by atoms with Crippen molar-refractivity contribution in [3.63, 3.8) is 0 Å². The first-order chi connectivity index (χ1) is 10.5. The SMILES string of the molecule is CCN(C)/C=N/c1cc(C)c(C(=O)OCC2CCC2)cc1C. The molecule has 2 rings (SSSR count). The maximum atomic E-state index is 12.2. The zero-order valence-corrected chi connectivity index (χ0v) is 14.1. The summed E-state index contributed by atoms with van der Waals surface area (Å²) in [5.41, 5.74) is 3.45. The minimum atomic E-state index is -0.214. The molecule has 0 N–H and O–H groups in total. The fraction of sp³-hybridized carbons (Fsp3) is 0.556. The van der Waals surface area contributed by atoms with Gasteiger partial charge in [0, 0.05) is 13.6 Å². The van der Waals surface area contributed by atoms with Crippen molar-refractivity contribution in [2.45, 2.75) is 40.0 Å². The first kappa shape index (κ1) is 16.5. The molecule has 0 amide bonds. The topological polar surface area (TPSA) is 41.9 Å². The minimum Gasteiger partial charge on any atom is -0.462 e. The van der Waals surface area contributed by atoms with Gasteiger partial charge in [-0.15, -0.1) is 0 Å². The van der Waals surface area contributed by atoms with Crippen LogP contribution in [0.1, 0.15) is 47.7 Å². The summed E-state index contributed by atoms with van der Waals surface area (Å²) in [6.07, 6.45) is 5.45. The van der Waals surface area contributed by atoms with E-state index in [0.717, 1.165) is 23.4 Å². The van der Waals surface area contributed by atoms with Crippen LogP contribution >= 0.6 is 0 Å². The summed E-state index contributed by atoms with van der Waals surface area (Å²) >= 11 is 0. The van der Waals surface area contributed by atoms with E-state index in [1.165, 1.54) is 19.3 Å². The van der Waals surface area contributed by atoms with Crippen LogP contribution in [0.2, 0.25) is 0 Å². The fourth-order valence-corrected chi connectivity index (χ4v) is 2.33. The number of hydrogen-bond acceptors (Lipinski definition) is 3. The van der Waals surface area contributed by atoms with E-state index in [2.05, 4.69) is 11.9 Å². The number of carbonyl (C=O) groups excluding carboxylic acids is 1. The molecule has 0 heterocycles. The highest BCUT2D eigenvalue weighted by Crippen LogP contribution is 2.27.